The van der Waals surface area contributed by atoms with Crippen LogP contribution in [-0.4, -0.2) is 37.2 Å². The lowest BCUT2D eigenvalue weighted by Crippen LogP contribution is -2.31. The van der Waals surface area contributed by atoms with Crippen LogP contribution in [0.5, 0.6) is 0 Å². The minimum Gasteiger partial charge on any atom is -0.461 e. The summed E-state index contributed by atoms with van der Waals surface area (Å²) in [5, 5.41) is 2.70. The van der Waals surface area contributed by atoms with Crippen molar-refractivity contribution < 1.29 is 19.1 Å². The van der Waals surface area contributed by atoms with Crippen molar-refractivity contribution in [3.05, 3.63) is 0 Å². The Kier molecular flexibility index (Phi) is 3.20. The summed E-state index contributed by atoms with van der Waals surface area (Å²) in [6.45, 7) is 0.159. The molecular formula is C10H15NO4. The quantitative estimate of drug-likeness (QED) is 0.628. The molecule has 2 saturated carbocycles. The van der Waals surface area contributed by atoms with E-state index >= 15 is 0 Å². The summed E-state index contributed by atoms with van der Waals surface area (Å²) in [7, 11) is 0. The highest BCUT2D eigenvalue weighted by Crippen LogP contribution is 2.23. The van der Waals surface area contributed by atoms with Crippen molar-refractivity contribution in [3.63, 3.8) is 0 Å². The van der Waals surface area contributed by atoms with Crippen molar-refractivity contribution in [1.29, 1.82) is 0 Å². The highest BCUT2D eigenvalue weighted by molar-refractivity contribution is 5.75. The number of esters is 2. The van der Waals surface area contributed by atoms with E-state index in [1.165, 1.54) is 0 Å². The average Bonchev–Trinajstić information content (AvgIpc) is 2.99. The van der Waals surface area contributed by atoms with Crippen LogP contribution in [0.2, 0.25) is 0 Å². The summed E-state index contributed by atoms with van der Waals surface area (Å²) in [6, 6.07) is 0. The molecule has 0 aliphatic heterocycles. The molecular weight excluding hydrogens is 198 g/mol. The van der Waals surface area contributed by atoms with E-state index in [1.54, 1.807) is 0 Å². The first kappa shape index (κ1) is 10.4. The lowest BCUT2D eigenvalue weighted by molar-refractivity contribution is -0.145. The number of ether oxygens (including phenoxy) is 2. The maximum absolute atomic E-state index is 11.1. The van der Waals surface area contributed by atoms with Gasteiger partial charge in [-0.05, 0) is 25.7 Å². The molecule has 1 N–H and O–H groups in total. The SMILES string of the molecule is O=C(CNCC(=O)OC1CC1)OC1CC1. The number of hydrogen-bond donors (Lipinski definition) is 1. The van der Waals surface area contributed by atoms with E-state index in [0.717, 1.165) is 25.7 Å². The van der Waals surface area contributed by atoms with Crippen molar-refractivity contribution in [2.75, 3.05) is 13.1 Å². The molecule has 0 unspecified atom stereocenters. The lowest BCUT2D eigenvalue weighted by Gasteiger charge is -2.05. The normalized spacial score (nSPS) is 19.7. The van der Waals surface area contributed by atoms with Gasteiger partial charge in [0, 0.05) is 0 Å². The average molecular weight is 213 g/mol. The smallest absolute Gasteiger partial charge is 0.320 e. The molecule has 0 aromatic carbocycles. The van der Waals surface area contributed by atoms with E-state index < -0.39 is 0 Å². The third-order valence-corrected chi connectivity index (χ3v) is 2.18. The molecule has 0 amide bonds. The van der Waals surface area contributed by atoms with Gasteiger partial charge in [0.2, 0.25) is 0 Å². The Morgan fingerprint density at radius 2 is 1.33 bits per heavy atom. The molecule has 0 aromatic heterocycles. The number of carbonyl (C=O) groups excluding carboxylic acids is 2. The molecule has 2 aliphatic carbocycles. The Labute approximate surface area is 88.1 Å². The molecule has 2 rings (SSSR count). The fourth-order valence-electron chi connectivity index (χ4n) is 1.09. The monoisotopic (exact) mass is 213 g/mol. The zero-order valence-electron chi connectivity index (χ0n) is 8.53. The second-order valence-electron chi connectivity index (χ2n) is 3.98. The largest absolute Gasteiger partial charge is 0.461 e. The van der Waals surface area contributed by atoms with Gasteiger partial charge in [-0.25, -0.2) is 0 Å². The number of rotatable bonds is 6. The van der Waals surface area contributed by atoms with Crippen LogP contribution in [0.1, 0.15) is 25.7 Å². The predicted octanol–water partition coefficient (Wildman–Crippen LogP) is -0.0128. The van der Waals surface area contributed by atoms with Crippen LogP contribution < -0.4 is 5.32 Å². The molecule has 0 heterocycles. The molecule has 0 saturated heterocycles. The van der Waals surface area contributed by atoms with Gasteiger partial charge in [0.25, 0.3) is 0 Å². The van der Waals surface area contributed by atoms with Crippen molar-refractivity contribution in [2.45, 2.75) is 37.9 Å². The van der Waals surface area contributed by atoms with Crippen molar-refractivity contribution >= 4 is 11.9 Å². The van der Waals surface area contributed by atoms with Crippen molar-refractivity contribution in [2.24, 2.45) is 0 Å². The zero-order chi connectivity index (χ0) is 10.7. The molecule has 2 aliphatic rings. The van der Waals surface area contributed by atoms with E-state index in [4.69, 9.17) is 9.47 Å². The zero-order valence-corrected chi connectivity index (χ0v) is 8.53. The van der Waals surface area contributed by atoms with Crippen LogP contribution in [0.4, 0.5) is 0 Å². The summed E-state index contributed by atoms with van der Waals surface area (Å²) in [4.78, 5) is 22.1. The van der Waals surface area contributed by atoms with Crippen LogP contribution in [0.25, 0.3) is 0 Å². The Hall–Kier alpha value is -1.10. The van der Waals surface area contributed by atoms with Crippen LogP contribution in [0.15, 0.2) is 0 Å². The van der Waals surface area contributed by atoms with Crippen molar-refractivity contribution in [3.8, 4) is 0 Å². The third-order valence-electron chi connectivity index (χ3n) is 2.18. The van der Waals surface area contributed by atoms with Gasteiger partial charge in [-0.15, -0.1) is 0 Å². The Bertz CT molecular complexity index is 232. The Balaban J connectivity index is 1.48. The van der Waals surface area contributed by atoms with Crippen LogP contribution in [-0.2, 0) is 19.1 Å². The van der Waals surface area contributed by atoms with Crippen LogP contribution in [0, 0.1) is 0 Å². The first-order chi connectivity index (χ1) is 7.24. The Morgan fingerprint density at radius 1 is 0.933 bits per heavy atom. The molecule has 0 aromatic rings. The summed E-state index contributed by atoms with van der Waals surface area (Å²) < 4.78 is 9.97. The van der Waals surface area contributed by atoms with E-state index in [-0.39, 0.29) is 37.2 Å². The highest BCUT2D eigenvalue weighted by atomic mass is 16.6. The van der Waals surface area contributed by atoms with Crippen LogP contribution in [0.3, 0.4) is 0 Å². The number of nitrogens with one attached hydrogen (secondary N) is 1. The van der Waals surface area contributed by atoms with Gasteiger partial charge >= 0.3 is 11.9 Å². The predicted molar refractivity (Wildman–Crippen MR) is 51.1 cm³/mol. The molecule has 0 bridgehead atoms. The second kappa shape index (κ2) is 4.61. The van der Waals surface area contributed by atoms with Crippen molar-refractivity contribution in [1.82, 2.24) is 5.32 Å². The first-order valence-corrected chi connectivity index (χ1v) is 5.34. The molecule has 0 radical (unpaired) electrons. The van der Waals surface area contributed by atoms with Gasteiger partial charge in [0.05, 0.1) is 13.1 Å². The van der Waals surface area contributed by atoms with E-state index in [2.05, 4.69) is 5.32 Å². The van der Waals surface area contributed by atoms with E-state index in [1.807, 2.05) is 0 Å². The van der Waals surface area contributed by atoms with Gasteiger partial charge < -0.3 is 9.47 Å². The molecule has 5 heteroatoms. The first-order valence-electron chi connectivity index (χ1n) is 5.34. The molecule has 5 nitrogen and oxygen atoms in total. The Morgan fingerprint density at radius 3 is 1.67 bits per heavy atom. The van der Waals surface area contributed by atoms with Gasteiger partial charge in [0.1, 0.15) is 12.2 Å². The standard InChI is InChI=1S/C10H15NO4/c12-9(14-7-1-2-7)5-11-6-10(13)15-8-3-4-8/h7-8,11H,1-6H2. The molecule has 0 spiro atoms. The molecule has 15 heavy (non-hydrogen) atoms. The molecule has 84 valence electrons. The van der Waals surface area contributed by atoms with Gasteiger partial charge in [0.15, 0.2) is 0 Å². The van der Waals surface area contributed by atoms with Gasteiger partial charge in [-0.1, -0.05) is 0 Å². The minimum atomic E-state index is -0.295. The molecule has 2 fully saturated rings. The summed E-state index contributed by atoms with van der Waals surface area (Å²) in [5.41, 5.74) is 0. The third kappa shape index (κ3) is 4.29. The van der Waals surface area contributed by atoms with E-state index in [0.29, 0.717) is 0 Å². The van der Waals surface area contributed by atoms with Gasteiger partial charge in [-0.2, -0.15) is 0 Å². The summed E-state index contributed by atoms with van der Waals surface area (Å²) in [6.07, 6.45) is 4.12. The highest BCUT2D eigenvalue weighted by Gasteiger charge is 2.27. The van der Waals surface area contributed by atoms with E-state index in [9.17, 15) is 9.59 Å². The summed E-state index contributed by atoms with van der Waals surface area (Å²) >= 11 is 0. The fraction of sp³-hybridized carbons (Fsp3) is 0.800. The fourth-order valence-corrected chi connectivity index (χ4v) is 1.09. The maximum Gasteiger partial charge on any atom is 0.320 e. The lowest BCUT2D eigenvalue weighted by atomic mass is 10.5. The topological polar surface area (TPSA) is 64.6 Å². The second-order valence-corrected chi connectivity index (χ2v) is 3.98. The summed E-state index contributed by atoms with van der Waals surface area (Å²) in [5.74, 6) is -0.589. The number of carbonyl (C=O) groups is 2. The minimum absolute atomic E-state index is 0.0796. The maximum atomic E-state index is 11.1. The number of hydrogen-bond acceptors (Lipinski definition) is 5. The van der Waals surface area contributed by atoms with Gasteiger partial charge in [-0.3, -0.25) is 14.9 Å². The molecule has 0 atom stereocenters. The van der Waals surface area contributed by atoms with Crippen LogP contribution >= 0.6 is 0 Å².